The van der Waals surface area contributed by atoms with Gasteiger partial charge in [-0.3, -0.25) is 4.79 Å². The molecular formula is C17H20FNO2. The van der Waals surface area contributed by atoms with Gasteiger partial charge < -0.3 is 10.0 Å². The van der Waals surface area contributed by atoms with Crippen molar-refractivity contribution in [2.24, 2.45) is 5.92 Å². The van der Waals surface area contributed by atoms with Gasteiger partial charge >= 0.3 is 0 Å². The maximum Gasteiger partial charge on any atom is 0.255 e. The van der Waals surface area contributed by atoms with Crippen molar-refractivity contribution in [2.75, 3.05) is 13.2 Å². The Labute approximate surface area is 124 Å². The van der Waals surface area contributed by atoms with Crippen LogP contribution in [0.4, 0.5) is 4.39 Å². The van der Waals surface area contributed by atoms with Crippen LogP contribution in [-0.4, -0.2) is 35.1 Å². The Morgan fingerprint density at radius 1 is 1.48 bits per heavy atom. The summed E-state index contributed by atoms with van der Waals surface area (Å²) >= 11 is 0. The van der Waals surface area contributed by atoms with E-state index in [9.17, 15) is 9.18 Å². The van der Waals surface area contributed by atoms with Crippen LogP contribution in [0.25, 0.3) is 0 Å². The van der Waals surface area contributed by atoms with E-state index in [1.807, 2.05) is 11.8 Å². The lowest BCUT2D eigenvalue weighted by molar-refractivity contribution is 0.0550. The van der Waals surface area contributed by atoms with Crippen molar-refractivity contribution in [2.45, 2.75) is 32.7 Å². The second-order valence-corrected chi connectivity index (χ2v) is 5.51. The fourth-order valence-corrected chi connectivity index (χ4v) is 2.72. The number of aliphatic hydroxyl groups is 1. The topological polar surface area (TPSA) is 40.5 Å². The molecule has 2 atom stereocenters. The molecule has 1 saturated heterocycles. The summed E-state index contributed by atoms with van der Waals surface area (Å²) in [6.07, 6.45) is 2.10. The van der Waals surface area contributed by atoms with Crippen molar-refractivity contribution in [1.29, 1.82) is 0 Å². The third-order valence-corrected chi connectivity index (χ3v) is 4.15. The van der Waals surface area contributed by atoms with Crippen LogP contribution in [0.15, 0.2) is 18.2 Å². The fraction of sp³-hybridized carbons (Fsp3) is 0.471. The molecule has 1 aliphatic rings. The summed E-state index contributed by atoms with van der Waals surface area (Å²) in [5.74, 6) is 5.04. The largest absolute Gasteiger partial charge is 0.384 e. The van der Waals surface area contributed by atoms with E-state index in [0.717, 1.165) is 12.8 Å². The number of hydrogen-bond donors (Lipinski definition) is 1. The number of halogens is 1. The number of rotatable bonds is 1. The first kappa shape index (κ1) is 15.5. The summed E-state index contributed by atoms with van der Waals surface area (Å²) in [5.41, 5.74) is 0.734. The van der Waals surface area contributed by atoms with E-state index in [4.69, 9.17) is 5.11 Å². The molecule has 0 bridgehead atoms. The number of carbonyl (C=O) groups is 1. The van der Waals surface area contributed by atoms with E-state index >= 15 is 0 Å². The lowest BCUT2D eigenvalue weighted by Gasteiger charge is -2.38. The molecule has 1 aliphatic heterocycles. The average molecular weight is 289 g/mol. The Morgan fingerprint density at radius 3 is 2.95 bits per heavy atom. The Bertz CT molecular complexity index is 588. The van der Waals surface area contributed by atoms with Crippen molar-refractivity contribution in [3.05, 3.63) is 35.1 Å². The van der Waals surface area contributed by atoms with Gasteiger partial charge in [0.2, 0.25) is 0 Å². The number of amides is 1. The van der Waals surface area contributed by atoms with Gasteiger partial charge in [-0.15, -0.1) is 0 Å². The van der Waals surface area contributed by atoms with Crippen LogP contribution >= 0.6 is 0 Å². The van der Waals surface area contributed by atoms with Crippen LogP contribution in [0.1, 0.15) is 42.6 Å². The first-order valence-corrected chi connectivity index (χ1v) is 7.25. The molecule has 1 aromatic carbocycles. The zero-order valence-corrected chi connectivity index (χ0v) is 12.4. The van der Waals surface area contributed by atoms with Crippen molar-refractivity contribution in [3.63, 3.8) is 0 Å². The molecule has 21 heavy (non-hydrogen) atoms. The number of carbonyl (C=O) groups excluding carboxylic acids is 1. The SMILES string of the molecule is CC1CCCN(C(=O)c2ccc(F)cc2C#CCO)C1C. The van der Waals surface area contributed by atoms with Gasteiger partial charge in [0.25, 0.3) is 5.91 Å². The predicted molar refractivity (Wildman–Crippen MR) is 79.3 cm³/mol. The van der Waals surface area contributed by atoms with Crippen molar-refractivity contribution in [3.8, 4) is 11.8 Å². The first-order valence-electron chi connectivity index (χ1n) is 7.25. The third kappa shape index (κ3) is 3.43. The van der Waals surface area contributed by atoms with E-state index in [1.165, 1.54) is 18.2 Å². The Balaban J connectivity index is 2.34. The van der Waals surface area contributed by atoms with Crippen molar-refractivity contribution >= 4 is 5.91 Å². The highest BCUT2D eigenvalue weighted by Gasteiger charge is 2.29. The molecule has 1 aromatic rings. The Hall–Kier alpha value is -1.86. The number of likely N-dealkylation sites (tertiary alicyclic amines) is 1. The molecule has 0 saturated carbocycles. The van der Waals surface area contributed by atoms with Gasteiger partial charge in [-0.1, -0.05) is 18.8 Å². The minimum atomic E-state index is -0.436. The van der Waals surface area contributed by atoms with Crippen LogP contribution in [-0.2, 0) is 0 Å². The summed E-state index contributed by atoms with van der Waals surface area (Å²) in [7, 11) is 0. The summed E-state index contributed by atoms with van der Waals surface area (Å²) in [6.45, 7) is 4.58. The van der Waals surface area contributed by atoms with Gasteiger partial charge in [-0.05, 0) is 43.9 Å². The highest BCUT2D eigenvalue weighted by atomic mass is 19.1. The van der Waals surface area contributed by atoms with E-state index < -0.39 is 5.82 Å². The molecule has 4 heteroatoms. The number of piperidine rings is 1. The second-order valence-electron chi connectivity index (χ2n) is 5.51. The monoisotopic (exact) mass is 289 g/mol. The smallest absolute Gasteiger partial charge is 0.255 e. The summed E-state index contributed by atoms with van der Waals surface area (Å²) in [4.78, 5) is 14.6. The zero-order chi connectivity index (χ0) is 15.4. The van der Waals surface area contributed by atoms with Crippen LogP contribution in [0.2, 0.25) is 0 Å². The van der Waals surface area contributed by atoms with E-state index in [-0.39, 0.29) is 18.6 Å². The Morgan fingerprint density at radius 2 is 2.24 bits per heavy atom. The van der Waals surface area contributed by atoms with Crippen molar-refractivity contribution in [1.82, 2.24) is 4.90 Å². The molecule has 112 valence electrons. The number of hydrogen-bond acceptors (Lipinski definition) is 2. The maximum absolute atomic E-state index is 13.4. The van der Waals surface area contributed by atoms with E-state index in [2.05, 4.69) is 18.8 Å². The van der Waals surface area contributed by atoms with Gasteiger partial charge in [0.1, 0.15) is 12.4 Å². The standard InChI is InChI=1S/C17H20FNO2/c1-12-5-3-9-19(13(12)2)17(21)16-8-7-15(18)11-14(16)6-4-10-20/h7-8,11-13,20H,3,5,9-10H2,1-2H3. The maximum atomic E-state index is 13.4. The third-order valence-electron chi connectivity index (χ3n) is 4.15. The molecular weight excluding hydrogens is 269 g/mol. The van der Waals surface area contributed by atoms with E-state index in [1.54, 1.807) is 0 Å². The molecule has 2 unspecified atom stereocenters. The van der Waals surface area contributed by atoms with Crippen LogP contribution < -0.4 is 0 Å². The summed E-state index contributed by atoms with van der Waals surface area (Å²) < 4.78 is 13.4. The molecule has 0 spiro atoms. The molecule has 1 amide bonds. The first-order chi connectivity index (χ1) is 10.0. The quantitative estimate of drug-likeness (QED) is 0.807. The minimum absolute atomic E-state index is 0.115. The molecule has 3 nitrogen and oxygen atoms in total. The van der Waals surface area contributed by atoms with Crippen LogP contribution in [0, 0.1) is 23.6 Å². The highest BCUT2D eigenvalue weighted by Crippen LogP contribution is 2.25. The molecule has 1 heterocycles. The summed E-state index contributed by atoms with van der Waals surface area (Å²) in [6, 6.07) is 4.16. The summed E-state index contributed by atoms with van der Waals surface area (Å²) in [5, 5.41) is 8.79. The van der Waals surface area contributed by atoms with Gasteiger partial charge in [0, 0.05) is 18.2 Å². The molecule has 0 aromatic heterocycles. The Kier molecular flexibility index (Phi) is 4.98. The minimum Gasteiger partial charge on any atom is -0.384 e. The molecule has 0 aliphatic carbocycles. The van der Waals surface area contributed by atoms with Gasteiger partial charge in [0.05, 0.1) is 5.56 Å². The second kappa shape index (κ2) is 6.73. The van der Waals surface area contributed by atoms with Gasteiger partial charge in [-0.25, -0.2) is 4.39 Å². The molecule has 1 N–H and O–H groups in total. The highest BCUT2D eigenvalue weighted by molar-refractivity contribution is 5.97. The molecule has 2 rings (SSSR count). The zero-order valence-electron chi connectivity index (χ0n) is 12.4. The normalized spacial score (nSPS) is 21.6. The van der Waals surface area contributed by atoms with Crippen molar-refractivity contribution < 1.29 is 14.3 Å². The van der Waals surface area contributed by atoms with E-state index in [0.29, 0.717) is 23.6 Å². The van der Waals surface area contributed by atoms with Crippen LogP contribution in [0.5, 0.6) is 0 Å². The lowest BCUT2D eigenvalue weighted by atomic mass is 9.91. The predicted octanol–water partition coefficient (Wildman–Crippen LogP) is 2.43. The molecule has 0 radical (unpaired) electrons. The number of nitrogens with zero attached hydrogens (tertiary/aromatic N) is 1. The van der Waals surface area contributed by atoms with Crippen LogP contribution in [0.3, 0.4) is 0 Å². The number of aliphatic hydroxyl groups excluding tert-OH is 1. The van der Waals surface area contributed by atoms with Gasteiger partial charge in [0.15, 0.2) is 0 Å². The molecule has 1 fully saturated rings. The lowest BCUT2D eigenvalue weighted by Crippen LogP contribution is -2.46. The fourth-order valence-electron chi connectivity index (χ4n) is 2.72. The average Bonchev–Trinajstić information content (AvgIpc) is 2.47. The number of benzene rings is 1. The van der Waals surface area contributed by atoms with Gasteiger partial charge in [-0.2, -0.15) is 0 Å².